The van der Waals surface area contributed by atoms with Gasteiger partial charge in [0, 0.05) is 193 Å². The van der Waals surface area contributed by atoms with Crippen molar-refractivity contribution in [3.05, 3.63) is 267 Å². The zero-order valence-electron chi connectivity index (χ0n) is 61.5. The number of aromatic nitrogens is 12. The van der Waals surface area contributed by atoms with Crippen LogP contribution >= 0.6 is 0 Å². The number of hydrogen-bond acceptors (Lipinski definition) is 18. The first-order valence-corrected chi connectivity index (χ1v) is 35.7. The second kappa shape index (κ2) is 34.2. The molecule has 0 saturated carbocycles. The molecule has 24 nitrogen and oxygen atoms in total. The molecule has 0 aliphatic carbocycles. The summed E-state index contributed by atoms with van der Waals surface area (Å²) in [6.07, 6.45) is 21.5. The Kier molecular flexibility index (Phi) is 23.4. The number of benzene rings is 3. The molecule has 24 heteroatoms. The second-order valence-corrected chi connectivity index (χ2v) is 27.3. The second-order valence-electron chi connectivity index (χ2n) is 27.3. The van der Waals surface area contributed by atoms with Crippen LogP contribution < -0.4 is 16.0 Å². The quantitative estimate of drug-likeness (QED) is 0.0967. The fourth-order valence-electron chi connectivity index (χ4n) is 12.7. The van der Waals surface area contributed by atoms with E-state index in [1.165, 1.54) is 33.4 Å². The highest BCUT2D eigenvalue weighted by molar-refractivity contribution is 6.05. The molecule has 3 saturated heterocycles. The number of aryl methyl sites for hydroxylation is 5. The molecule has 3 amide bonds. The van der Waals surface area contributed by atoms with Crippen LogP contribution in [0.25, 0.3) is 16.9 Å². The van der Waals surface area contributed by atoms with Crippen LogP contribution in [0, 0.1) is 70.1 Å². The standard InChI is InChI=1S/2C28H29N7O.C27H27N7O/c1-20-12-25(6-5-23(20)18-34-10-8-33(3)9-11-34)32-28(36)24-14-22(15-29-16-24)4-7-26-17-30-27-13-21(2)31-19-35(26)27;1-20-14-25(6-5-23(20)19-34-12-10-33(3)11-13-34)32-28(36)24-15-22(16-29-17-24)4-7-26-18-31-27-8-9-30-21(2)35(26)27;1-20-13-24(5-4-22(20)18-33-11-9-32(2)10-12-33)31-27(35)23-14-21(15-29-16-23)3-6-25-17-30-26-7-8-28-19-34(25)26/h5-6,12-17,19H,8-11,18H2,1-3H3,(H,32,36);5-6,8-9,14-18H,10-13,19H2,1-3H3,(H,32,36);4-5,7-8,13-17,19H,9-12,18H2,1-2H3,(H,31,35). The van der Waals surface area contributed by atoms with Crippen LogP contribution in [-0.2, 0) is 19.6 Å². The van der Waals surface area contributed by atoms with Crippen molar-refractivity contribution in [2.24, 2.45) is 0 Å². The minimum absolute atomic E-state index is 0.216. The van der Waals surface area contributed by atoms with Gasteiger partial charge < -0.3 is 30.7 Å². The van der Waals surface area contributed by atoms with Gasteiger partial charge in [-0.3, -0.25) is 57.2 Å². The zero-order chi connectivity index (χ0) is 74.3. The predicted molar refractivity (Wildman–Crippen MR) is 415 cm³/mol. The third-order valence-electron chi connectivity index (χ3n) is 19.2. The minimum Gasteiger partial charge on any atom is -0.322 e. The number of likely N-dealkylation sites (N-methyl/N-ethyl adjacent to an activating group) is 3. The average Bonchev–Trinajstić information content (AvgIpc) is 1.66. The smallest absolute Gasteiger partial charge is 0.257 e. The number of carbonyl (C=O) groups excluding carboxylic acids is 3. The molecule has 0 unspecified atom stereocenters. The van der Waals surface area contributed by atoms with Gasteiger partial charge >= 0.3 is 0 Å². The Morgan fingerprint density at radius 3 is 1.18 bits per heavy atom. The summed E-state index contributed by atoms with van der Waals surface area (Å²) >= 11 is 0. The largest absolute Gasteiger partial charge is 0.322 e. The van der Waals surface area contributed by atoms with E-state index in [1.54, 1.807) is 99.0 Å². The Bertz CT molecular complexity index is 5430. The normalized spacial score (nSPS) is 14.4. The van der Waals surface area contributed by atoms with E-state index in [2.05, 4.69) is 186 Å². The van der Waals surface area contributed by atoms with Crippen LogP contribution in [0.5, 0.6) is 0 Å². The van der Waals surface area contributed by atoms with Crippen LogP contribution in [-0.4, -0.2) is 205 Å². The van der Waals surface area contributed by atoms with Gasteiger partial charge in [0.05, 0.1) is 35.3 Å². The summed E-state index contributed by atoms with van der Waals surface area (Å²) in [6, 6.07) is 29.1. The van der Waals surface area contributed by atoms with Crippen molar-refractivity contribution in [1.82, 2.24) is 87.5 Å². The van der Waals surface area contributed by atoms with Crippen molar-refractivity contribution >= 4 is 51.7 Å². The van der Waals surface area contributed by atoms with Crippen molar-refractivity contribution in [2.45, 2.75) is 54.3 Å². The molecule has 3 aliphatic rings. The van der Waals surface area contributed by atoms with E-state index in [-0.39, 0.29) is 17.7 Å². The maximum atomic E-state index is 12.9. The number of nitrogens with zero attached hydrogens (tertiary/aromatic N) is 18. The summed E-state index contributed by atoms with van der Waals surface area (Å²) in [5.41, 5.74) is 18.4. The number of fused-ring (bicyclic) bond motifs is 3. The van der Waals surface area contributed by atoms with Gasteiger partial charge in [0.15, 0.2) is 0 Å². The molecule has 15 rings (SSSR count). The SMILES string of the molecule is Cc1cc(NC(=O)c2cncc(C#Cc3cnc4ccnc(C)n34)c2)ccc1CN1CCN(C)CC1.Cc1cc(NC(=O)c2cncc(C#Cc3cnc4ccncn34)c2)ccc1CN1CCN(C)CC1.Cc1cc2ncc(C#Cc3cncc(C(=O)Nc4ccc(CN5CCN(C)CC5)c(C)c4)c3)n2cn1. The first-order chi connectivity index (χ1) is 51.9. The molecule has 107 heavy (non-hydrogen) atoms. The van der Waals surface area contributed by atoms with Crippen LogP contribution in [0.2, 0.25) is 0 Å². The van der Waals surface area contributed by atoms with E-state index < -0.39 is 0 Å². The van der Waals surface area contributed by atoms with Crippen LogP contribution in [0.15, 0.2) is 172 Å². The molecule has 540 valence electrons. The van der Waals surface area contributed by atoms with Crippen molar-refractivity contribution in [3.8, 4) is 35.5 Å². The number of pyridine rings is 3. The monoisotopic (exact) mass is 1420 g/mol. The number of rotatable bonds is 12. The first-order valence-electron chi connectivity index (χ1n) is 35.7. The van der Waals surface area contributed by atoms with Crippen molar-refractivity contribution in [1.29, 1.82) is 0 Å². The molecule has 9 aromatic heterocycles. The molecule has 3 fully saturated rings. The number of amides is 3. The lowest BCUT2D eigenvalue weighted by Crippen LogP contribution is -2.43. The lowest BCUT2D eigenvalue weighted by Gasteiger charge is -2.32. The maximum absolute atomic E-state index is 12.9. The Labute approximate surface area is 623 Å². The molecule has 12 heterocycles. The van der Waals surface area contributed by atoms with E-state index in [1.807, 2.05) is 81.6 Å². The third kappa shape index (κ3) is 19.2. The molecule has 3 N–H and O–H groups in total. The van der Waals surface area contributed by atoms with Gasteiger partial charge in [-0.1, -0.05) is 36.0 Å². The van der Waals surface area contributed by atoms with E-state index in [0.29, 0.717) is 33.4 Å². The summed E-state index contributed by atoms with van der Waals surface area (Å²) in [6.45, 7) is 26.0. The van der Waals surface area contributed by atoms with Gasteiger partial charge in [-0.25, -0.2) is 29.9 Å². The number of piperazine rings is 3. The maximum Gasteiger partial charge on any atom is 0.257 e. The lowest BCUT2D eigenvalue weighted by molar-refractivity contribution is 0.101. The van der Waals surface area contributed by atoms with E-state index in [4.69, 9.17) is 0 Å². The Balaban J connectivity index is 0.000000142. The van der Waals surface area contributed by atoms with Gasteiger partial charge in [0.1, 0.15) is 52.5 Å². The molecule has 0 spiro atoms. The number of nitrogens with one attached hydrogen (secondary N) is 3. The van der Waals surface area contributed by atoms with Gasteiger partial charge in [-0.05, 0) is 174 Å². The topological polar surface area (TPSA) is 236 Å². The molecule has 0 radical (unpaired) electrons. The van der Waals surface area contributed by atoms with E-state index in [0.717, 1.165) is 161 Å². The number of anilines is 3. The molecule has 3 aliphatic heterocycles. The summed E-state index contributed by atoms with van der Waals surface area (Å²) in [7, 11) is 6.49. The molecule has 0 atom stereocenters. The fraction of sp³-hybridized carbons (Fsp3) is 0.277. The fourth-order valence-corrected chi connectivity index (χ4v) is 12.7. The van der Waals surface area contributed by atoms with Crippen LogP contribution in [0.4, 0.5) is 17.1 Å². The van der Waals surface area contributed by atoms with Crippen molar-refractivity contribution in [2.75, 3.05) is 116 Å². The number of hydrogen-bond donors (Lipinski definition) is 3. The highest BCUT2D eigenvalue weighted by Crippen LogP contribution is 2.23. The van der Waals surface area contributed by atoms with Gasteiger partial charge in [-0.2, -0.15) is 0 Å². The van der Waals surface area contributed by atoms with Gasteiger partial charge in [0.2, 0.25) is 0 Å². The van der Waals surface area contributed by atoms with E-state index >= 15 is 0 Å². The molecular formula is C83H85N21O3. The highest BCUT2D eigenvalue weighted by atomic mass is 16.2. The van der Waals surface area contributed by atoms with Crippen molar-refractivity contribution in [3.63, 3.8) is 0 Å². The summed E-state index contributed by atoms with van der Waals surface area (Å²) in [5, 5.41) is 8.97. The Morgan fingerprint density at radius 2 is 0.748 bits per heavy atom. The van der Waals surface area contributed by atoms with Crippen LogP contribution in [0.3, 0.4) is 0 Å². The zero-order valence-corrected chi connectivity index (χ0v) is 61.5. The van der Waals surface area contributed by atoms with Crippen LogP contribution in [0.1, 0.15) is 110 Å². The summed E-state index contributed by atoms with van der Waals surface area (Å²) in [4.78, 5) is 91.6. The summed E-state index contributed by atoms with van der Waals surface area (Å²) in [5.74, 6) is 18.7. The minimum atomic E-state index is -0.216. The third-order valence-corrected chi connectivity index (χ3v) is 19.2. The van der Waals surface area contributed by atoms with Crippen molar-refractivity contribution < 1.29 is 14.4 Å². The number of carbonyl (C=O) groups is 3. The molecular weight excluding hydrogens is 1340 g/mol. The van der Waals surface area contributed by atoms with Gasteiger partial charge in [0.25, 0.3) is 17.7 Å². The first kappa shape index (κ1) is 73.1. The van der Waals surface area contributed by atoms with Gasteiger partial charge in [-0.15, -0.1) is 0 Å². The Hall–Kier alpha value is -12.2. The predicted octanol–water partition coefficient (Wildman–Crippen LogP) is 9.11. The summed E-state index contributed by atoms with van der Waals surface area (Å²) < 4.78 is 5.54. The molecule has 12 aromatic rings. The highest BCUT2D eigenvalue weighted by Gasteiger charge is 2.20. The molecule has 3 aromatic carbocycles. The Morgan fingerprint density at radius 1 is 0.364 bits per heavy atom. The lowest BCUT2D eigenvalue weighted by atomic mass is 10.1. The number of imidazole rings is 3. The van der Waals surface area contributed by atoms with E-state index in [9.17, 15) is 14.4 Å². The average molecular weight is 1420 g/mol. The molecule has 0 bridgehead atoms.